The summed E-state index contributed by atoms with van der Waals surface area (Å²) in [6.45, 7) is 2.67. The zero-order valence-corrected chi connectivity index (χ0v) is 12.9. The van der Waals surface area contributed by atoms with Crippen LogP contribution in [0.4, 0.5) is 11.4 Å². The molecule has 0 spiro atoms. The molecule has 0 saturated heterocycles. The lowest BCUT2D eigenvalue weighted by atomic mass is 10.1. The van der Waals surface area contributed by atoms with Crippen molar-refractivity contribution in [2.45, 2.75) is 13.5 Å². The van der Waals surface area contributed by atoms with Gasteiger partial charge in [-0.25, -0.2) is 0 Å². The molecule has 0 aromatic heterocycles. The molecule has 0 aliphatic heterocycles. The first-order valence-electron chi connectivity index (χ1n) is 6.18. The Bertz CT molecular complexity index is 644. The highest BCUT2D eigenvalue weighted by Gasteiger charge is 2.17. The Morgan fingerprint density at radius 3 is 2.60 bits per heavy atom. The number of benzene rings is 2. The summed E-state index contributed by atoms with van der Waals surface area (Å²) >= 11 is 3.27. The van der Waals surface area contributed by atoms with Gasteiger partial charge in [-0.3, -0.25) is 10.1 Å². The smallest absolute Gasteiger partial charge is 0.293 e. The first-order chi connectivity index (χ1) is 9.49. The van der Waals surface area contributed by atoms with Crippen LogP contribution >= 0.6 is 15.9 Å². The molecule has 104 valence electrons. The fourth-order valence-electron chi connectivity index (χ4n) is 2.09. The molecule has 0 amide bonds. The standard InChI is InChI=1S/C15H15BrN2O2/c1-11-5-3-4-6-12(11)10-17(2)14-8-7-13(16)9-15(14)18(19)20/h3-9H,10H2,1-2H3. The Kier molecular flexibility index (Phi) is 4.39. The second-order valence-electron chi connectivity index (χ2n) is 4.67. The van der Waals surface area contributed by atoms with E-state index in [1.54, 1.807) is 6.07 Å². The van der Waals surface area contributed by atoms with Crippen molar-refractivity contribution < 1.29 is 4.92 Å². The fraction of sp³-hybridized carbons (Fsp3) is 0.200. The number of nitro benzene ring substituents is 1. The van der Waals surface area contributed by atoms with Crippen LogP contribution in [0.5, 0.6) is 0 Å². The highest BCUT2D eigenvalue weighted by Crippen LogP contribution is 2.31. The van der Waals surface area contributed by atoms with E-state index in [2.05, 4.69) is 15.9 Å². The van der Waals surface area contributed by atoms with Gasteiger partial charge >= 0.3 is 0 Å². The average molecular weight is 335 g/mol. The molecule has 0 aliphatic rings. The van der Waals surface area contributed by atoms with E-state index in [9.17, 15) is 10.1 Å². The maximum Gasteiger partial charge on any atom is 0.293 e. The number of nitro groups is 1. The molecule has 0 unspecified atom stereocenters. The molecule has 0 fully saturated rings. The van der Waals surface area contributed by atoms with E-state index in [1.807, 2.05) is 49.2 Å². The summed E-state index contributed by atoms with van der Waals surface area (Å²) in [4.78, 5) is 12.7. The lowest BCUT2D eigenvalue weighted by molar-refractivity contribution is -0.384. The second-order valence-corrected chi connectivity index (χ2v) is 5.59. The molecule has 20 heavy (non-hydrogen) atoms. The number of hydrogen-bond acceptors (Lipinski definition) is 3. The minimum Gasteiger partial charge on any atom is -0.365 e. The van der Waals surface area contributed by atoms with Crippen molar-refractivity contribution in [3.63, 3.8) is 0 Å². The maximum atomic E-state index is 11.2. The first kappa shape index (κ1) is 14.5. The summed E-state index contributed by atoms with van der Waals surface area (Å²) in [6.07, 6.45) is 0. The molecule has 0 N–H and O–H groups in total. The van der Waals surface area contributed by atoms with Gasteiger partial charge in [-0.1, -0.05) is 40.2 Å². The molecule has 0 heterocycles. The van der Waals surface area contributed by atoms with Crippen molar-refractivity contribution in [1.82, 2.24) is 0 Å². The Hall–Kier alpha value is -1.88. The largest absolute Gasteiger partial charge is 0.365 e. The SMILES string of the molecule is Cc1ccccc1CN(C)c1ccc(Br)cc1[N+](=O)[O-]. The minimum atomic E-state index is -0.353. The van der Waals surface area contributed by atoms with Crippen LogP contribution in [0.3, 0.4) is 0 Å². The molecule has 5 heteroatoms. The quantitative estimate of drug-likeness (QED) is 0.618. The van der Waals surface area contributed by atoms with Crippen LogP contribution in [-0.2, 0) is 6.54 Å². The lowest BCUT2D eigenvalue weighted by Gasteiger charge is -2.20. The van der Waals surface area contributed by atoms with E-state index in [4.69, 9.17) is 0 Å². The molecule has 0 bridgehead atoms. The van der Waals surface area contributed by atoms with Crippen molar-refractivity contribution in [1.29, 1.82) is 0 Å². The lowest BCUT2D eigenvalue weighted by Crippen LogP contribution is -2.18. The third-order valence-corrected chi connectivity index (χ3v) is 3.71. The van der Waals surface area contributed by atoms with Gasteiger partial charge in [0.25, 0.3) is 5.69 Å². The molecule has 0 atom stereocenters. The zero-order valence-electron chi connectivity index (χ0n) is 11.3. The topological polar surface area (TPSA) is 46.4 Å². The Balaban J connectivity index is 2.32. The van der Waals surface area contributed by atoms with Gasteiger partial charge in [0.1, 0.15) is 5.69 Å². The van der Waals surface area contributed by atoms with Crippen LogP contribution in [0.1, 0.15) is 11.1 Å². The molecule has 2 rings (SSSR count). The molecule has 2 aromatic rings. The van der Waals surface area contributed by atoms with Crippen LogP contribution in [0.2, 0.25) is 0 Å². The minimum absolute atomic E-state index is 0.107. The van der Waals surface area contributed by atoms with Crippen molar-refractivity contribution in [2.75, 3.05) is 11.9 Å². The Labute approximate surface area is 126 Å². The number of nitrogens with zero attached hydrogens (tertiary/aromatic N) is 2. The predicted molar refractivity (Wildman–Crippen MR) is 84.1 cm³/mol. The molecular weight excluding hydrogens is 320 g/mol. The third kappa shape index (κ3) is 3.17. The van der Waals surface area contributed by atoms with Crippen LogP contribution in [0.15, 0.2) is 46.9 Å². The van der Waals surface area contributed by atoms with Crippen LogP contribution in [-0.4, -0.2) is 12.0 Å². The average Bonchev–Trinajstić information content (AvgIpc) is 2.41. The molecule has 0 aliphatic carbocycles. The van der Waals surface area contributed by atoms with Gasteiger partial charge in [0.05, 0.1) is 4.92 Å². The number of anilines is 1. The summed E-state index contributed by atoms with van der Waals surface area (Å²) in [7, 11) is 1.86. The molecular formula is C15H15BrN2O2. The van der Waals surface area contributed by atoms with Crippen molar-refractivity contribution in [3.8, 4) is 0 Å². The van der Waals surface area contributed by atoms with E-state index in [0.29, 0.717) is 16.7 Å². The number of aryl methyl sites for hydroxylation is 1. The van der Waals surface area contributed by atoms with E-state index >= 15 is 0 Å². The van der Waals surface area contributed by atoms with Crippen molar-refractivity contribution in [3.05, 3.63) is 68.2 Å². The van der Waals surface area contributed by atoms with Gasteiger partial charge in [-0.2, -0.15) is 0 Å². The van der Waals surface area contributed by atoms with Gasteiger partial charge in [0.2, 0.25) is 0 Å². The van der Waals surface area contributed by atoms with Crippen LogP contribution < -0.4 is 4.90 Å². The molecule has 2 aromatic carbocycles. The number of halogens is 1. The summed E-state index contributed by atoms with van der Waals surface area (Å²) in [5, 5.41) is 11.2. The maximum absolute atomic E-state index is 11.2. The monoisotopic (exact) mass is 334 g/mol. The third-order valence-electron chi connectivity index (χ3n) is 3.21. The summed E-state index contributed by atoms with van der Waals surface area (Å²) in [5.41, 5.74) is 3.06. The fourth-order valence-corrected chi connectivity index (χ4v) is 2.44. The highest BCUT2D eigenvalue weighted by atomic mass is 79.9. The van der Waals surface area contributed by atoms with Gasteiger partial charge in [-0.05, 0) is 30.2 Å². The second kappa shape index (κ2) is 6.05. The van der Waals surface area contributed by atoms with E-state index < -0.39 is 0 Å². The predicted octanol–water partition coefficient (Wildman–Crippen LogP) is 4.30. The zero-order chi connectivity index (χ0) is 14.7. The van der Waals surface area contributed by atoms with E-state index in [-0.39, 0.29) is 10.6 Å². The summed E-state index contributed by atoms with van der Waals surface area (Å²) in [6, 6.07) is 13.2. The Morgan fingerprint density at radius 1 is 1.25 bits per heavy atom. The van der Waals surface area contributed by atoms with Crippen molar-refractivity contribution in [2.24, 2.45) is 0 Å². The summed E-state index contributed by atoms with van der Waals surface area (Å²) < 4.78 is 0.706. The molecule has 0 radical (unpaired) electrons. The molecule has 0 saturated carbocycles. The number of rotatable bonds is 4. The summed E-state index contributed by atoms with van der Waals surface area (Å²) in [5.74, 6) is 0. The normalized spacial score (nSPS) is 10.3. The van der Waals surface area contributed by atoms with Gasteiger partial charge in [-0.15, -0.1) is 0 Å². The first-order valence-corrected chi connectivity index (χ1v) is 6.98. The number of hydrogen-bond donors (Lipinski definition) is 0. The molecule has 4 nitrogen and oxygen atoms in total. The van der Waals surface area contributed by atoms with Gasteiger partial charge < -0.3 is 4.90 Å². The Morgan fingerprint density at radius 2 is 1.95 bits per heavy atom. The highest BCUT2D eigenvalue weighted by molar-refractivity contribution is 9.10. The van der Waals surface area contributed by atoms with Crippen molar-refractivity contribution >= 4 is 27.3 Å². The van der Waals surface area contributed by atoms with Gasteiger partial charge in [0.15, 0.2) is 0 Å². The van der Waals surface area contributed by atoms with Crippen LogP contribution in [0.25, 0.3) is 0 Å². The van der Waals surface area contributed by atoms with E-state index in [1.165, 1.54) is 11.6 Å². The van der Waals surface area contributed by atoms with Crippen LogP contribution in [0, 0.1) is 17.0 Å². The van der Waals surface area contributed by atoms with E-state index in [0.717, 1.165) is 5.56 Å². The van der Waals surface area contributed by atoms with Gasteiger partial charge in [0, 0.05) is 24.1 Å².